The summed E-state index contributed by atoms with van der Waals surface area (Å²) in [6, 6.07) is 9.51. The summed E-state index contributed by atoms with van der Waals surface area (Å²) in [4.78, 5) is 17.9. The lowest BCUT2D eigenvalue weighted by molar-refractivity contribution is 0.616. The first kappa shape index (κ1) is 9.84. The van der Waals surface area contributed by atoms with Crippen LogP contribution >= 0.6 is 0 Å². The predicted molar refractivity (Wildman–Crippen MR) is 64.8 cm³/mol. The fraction of sp³-hybridized carbons (Fsp3) is 0.0769. The van der Waals surface area contributed by atoms with E-state index in [4.69, 9.17) is 4.42 Å². The predicted octanol–water partition coefficient (Wildman–Crippen LogP) is 2.49. The average molecular weight is 226 g/mol. The van der Waals surface area contributed by atoms with E-state index in [1.165, 1.54) is 0 Å². The smallest absolute Gasteiger partial charge is 0.345 e. The number of fused-ring (bicyclic) bond motifs is 1. The van der Waals surface area contributed by atoms with Crippen LogP contribution in [0.25, 0.3) is 22.2 Å². The van der Waals surface area contributed by atoms with Gasteiger partial charge in [-0.2, -0.15) is 4.98 Å². The molecule has 2 aromatic heterocycles. The minimum absolute atomic E-state index is 0.342. The lowest BCUT2D eigenvalue weighted by Gasteiger charge is -1.98. The second kappa shape index (κ2) is 3.59. The van der Waals surface area contributed by atoms with Crippen LogP contribution in [0.3, 0.4) is 0 Å². The third-order valence-electron chi connectivity index (χ3n) is 2.64. The quantitative estimate of drug-likeness (QED) is 0.693. The summed E-state index contributed by atoms with van der Waals surface area (Å²) >= 11 is 0. The van der Waals surface area contributed by atoms with Crippen molar-refractivity contribution in [1.29, 1.82) is 0 Å². The molecule has 0 aliphatic carbocycles. The van der Waals surface area contributed by atoms with E-state index in [0.29, 0.717) is 5.69 Å². The Morgan fingerprint density at radius 1 is 1.29 bits per heavy atom. The number of hydrogen-bond donors (Lipinski definition) is 1. The molecule has 0 saturated heterocycles. The third kappa shape index (κ3) is 1.63. The molecule has 0 atom stereocenters. The second-order valence-corrected chi connectivity index (χ2v) is 3.90. The molecule has 2 heterocycles. The normalized spacial score (nSPS) is 10.9. The topological polar surface area (TPSA) is 58.9 Å². The van der Waals surface area contributed by atoms with Crippen molar-refractivity contribution in [3.8, 4) is 11.3 Å². The number of nitrogens with one attached hydrogen (secondary N) is 1. The zero-order valence-electron chi connectivity index (χ0n) is 9.23. The molecule has 0 bridgehead atoms. The number of benzene rings is 1. The van der Waals surface area contributed by atoms with Crippen molar-refractivity contribution < 1.29 is 4.42 Å². The Kier molecular flexibility index (Phi) is 2.08. The van der Waals surface area contributed by atoms with E-state index in [-0.39, 0.29) is 5.69 Å². The van der Waals surface area contributed by atoms with Crippen LogP contribution in [0.4, 0.5) is 0 Å². The Balaban J connectivity index is 2.30. The molecule has 4 heteroatoms. The van der Waals surface area contributed by atoms with E-state index < -0.39 is 0 Å². The standard InChI is InChI=1S/C13H10N2O2/c1-8-6-11(15-13(16)14-8)10-7-17-12-5-3-2-4-9(10)12/h2-7H,1H3,(H,14,15,16). The van der Waals surface area contributed by atoms with Gasteiger partial charge in [-0.3, -0.25) is 0 Å². The van der Waals surface area contributed by atoms with Gasteiger partial charge in [0.25, 0.3) is 0 Å². The number of nitrogens with zero attached hydrogens (tertiary/aromatic N) is 1. The van der Waals surface area contributed by atoms with Crippen LogP contribution in [-0.2, 0) is 0 Å². The molecule has 0 spiro atoms. The number of H-pyrrole nitrogens is 1. The summed E-state index contributed by atoms with van der Waals surface area (Å²) in [5.41, 5.74) is 2.71. The highest BCUT2D eigenvalue weighted by Crippen LogP contribution is 2.28. The van der Waals surface area contributed by atoms with E-state index in [0.717, 1.165) is 22.2 Å². The summed E-state index contributed by atoms with van der Waals surface area (Å²) < 4.78 is 5.43. The number of rotatable bonds is 1. The molecule has 17 heavy (non-hydrogen) atoms. The lowest BCUT2D eigenvalue weighted by atomic mass is 10.1. The highest BCUT2D eigenvalue weighted by Gasteiger charge is 2.09. The third-order valence-corrected chi connectivity index (χ3v) is 2.64. The zero-order chi connectivity index (χ0) is 11.8. The van der Waals surface area contributed by atoms with Gasteiger partial charge in [0.05, 0.1) is 5.69 Å². The van der Waals surface area contributed by atoms with Gasteiger partial charge < -0.3 is 9.40 Å². The van der Waals surface area contributed by atoms with E-state index in [1.54, 1.807) is 6.26 Å². The van der Waals surface area contributed by atoms with Crippen LogP contribution in [0.15, 0.2) is 45.8 Å². The summed E-state index contributed by atoms with van der Waals surface area (Å²) in [7, 11) is 0. The SMILES string of the molecule is Cc1cc(-c2coc3ccccc23)nc(=O)[nH]1. The lowest BCUT2D eigenvalue weighted by Crippen LogP contribution is -2.11. The number of aromatic amines is 1. The van der Waals surface area contributed by atoms with Gasteiger partial charge in [0.1, 0.15) is 11.8 Å². The van der Waals surface area contributed by atoms with Gasteiger partial charge in [-0.25, -0.2) is 4.79 Å². The molecule has 4 nitrogen and oxygen atoms in total. The molecular weight excluding hydrogens is 216 g/mol. The molecule has 3 rings (SSSR count). The van der Waals surface area contributed by atoms with Crippen molar-refractivity contribution in [1.82, 2.24) is 9.97 Å². The van der Waals surface area contributed by atoms with E-state index in [9.17, 15) is 4.79 Å². The maximum Gasteiger partial charge on any atom is 0.345 e. The zero-order valence-corrected chi connectivity index (χ0v) is 9.23. The minimum Gasteiger partial charge on any atom is -0.464 e. The van der Waals surface area contributed by atoms with E-state index in [2.05, 4.69) is 9.97 Å². The number of furan rings is 1. The van der Waals surface area contributed by atoms with Crippen molar-refractivity contribution in [3.05, 3.63) is 52.8 Å². The fourth-order valence-corrected chi connectivity index (χ4v) is 1.89. The molecule has 84 valence electrons. The molecule has 0 aliphatic rings. The fourth-order valence-electron chi connectivity index (χ4n) is 1.89. The van der Waals surface area contributed by atoms with Gasteiger partial charge in [-0.15, -0.1) is 0 Å². The van der Waals surface area contributed by atoms with Gasteiger partial charge in [0.2, 0.25) is 0 Å². The molecule has 0 fully saturated rings. The monoisotopic (exact) mass is 226 g/mol. The molecule has 1 aromatic carbocycles. The molecule has 3 aromatic rings. The average Bonchev–Trinajstić information content (AvgIpc) is 2.71. The Labute approximate surface area is 96.9 Å². The van der Waals surface area contributed by atoms with Crippen molar-refractivity contribution in [3.63, 3.8) is 0 Å². The van der Waals surface area contributed by atoms with Crippen LogP contribution in [0.2, 0.25) is 0 Å². The van der Waals surface area contributed by atoms with Crippen LogP contribution < -0.4 is 5.69 Å². The van der Waals surface area contributed by atoms with Gasteiger partial charge in [0, 0.05) is 16.6 Å². The van der Waals surface area contributed by atoms with Crippen molar-refractivity contribution in [2.24, 2.45) is 0 Å². The molecule has 0 aliphatic heterocycles. The Hall–Kier alpha value is -2.36. The second-order valence-electron chi connectivity index (χ2n) is 3.90. The van der Waals surface area contributed by atoms with E-state index >= 15 is 0 Å². The molecular formula is C13H10N2O2. The van der Waals surface area contributed by atoms with Crippen molar-refractivity contribution >= 4 is 11.0 Å². The van der Waals surface area contributed by atoms with Crippen LogP contribution in [0, 0.1) is 6.92 Å². The first-order valence-electron chi connectivity index (χ1n) is 5.28. The van der Waals surface area contributed by atoms with Crippen molar-refractivity contribution in [2.45, 2.75) is 6.92 Å². The Morgan fingerprint density at radius 2 is 2.12 bits per heavy atom. The largest absolute Gasteiger partial charge is 0.464 e. The summed E-state index contributed by atoms with van der Waals surface area (Å²) in [6.45, 7) is 1.83. The summed E-state index contributed by atoms with van der Waals surface area (Å²) in [5, 5.41) is 0.963. The summed E-state index contributed by atoms with van der Waals surface area (Å²) in [6.07, 6.45) is 1.63. The Morgan fingerprint density at radius 3 is 2.94 bits per heavy atom. The van der Waals surface area contributed by atoms with Gasteiger partial charge in [-0.05, 0) is 19.1 Å². The number of para-hydroxylation sites is 1. The van der Waals surface area contributed by atoms with Gasteiger partial charge in [0.15, 0.2) is 0 Å². The van der Waals surface area contributed by atoms with E-state index in [1.807, 2.05) is 37.3 Å². The number of hydrogen-bond acceptors (Lipinski definition) is 3. The van der Waals surface area contributed by atoms with Crippen LogP contribution in [0.5, 0.6) is 0 Å². The van der Waals surface area contributed by atoms with Crippen molar-refractivity contribution in [2.75, 3.05) is 0 Å². The van der Waals surface area contributed by atoms with Crippen LogP contribution in [-0.4, -0.2) is 9.97 Å². The molecule has 0 unspecified atom stereocenters. The van der Waals surface area contributed by atoms with Crippen LogP contribution in [0.1, 0.15) is 5.69 Å². The first-order valence-corrected chi connectivity index (χ1v) is 5.28. The summed E-state index contributed by atoms with van der Waals surface area (Å²) in [5.74, 6) is 0. The molecule has 0 radical (unpaired) electrons. The minimum atomic E-state index is -0.342. The number of aromatic nitrogens is 2. The number of aryl methyl sites for hydroxylation is 1. The molecule has 1 N–H and O–H groups in total. The highest BCUT2D eigenvalue weighted by molar-refractivity contribution is 5.92. The van der Waals surface area contributed by atoms with Gasteiger partial charge in [-0.1, -0.05) is 18.2 Å². The maximum absolute atomic E-state index is 11.3. The molecule has 0 amide bonds. The maximum atomic E-state index is 11.3. The highest BCUT2D eigenvalue weighted by atomic mass is 16.3. The first-order chi connectivity index (χ1) is 8.24. The van der Waals surface area contributed by atoms with Gasteiger partial charge >= 0.3 is 5.69 Å². The Bertz CT molecular complexity index is 740. The molecule has 0 saturated carbocycles.